The first-order valence-corrected chi connectivity index (χ1v) is 11.1. The van der Waals surface area contributed by atoms with Crippen molar-refractivity contribution in [1.29, 1.82) is 0 Å². The van der Waals surface area contributed by atoms with Gasteiger partial charge in [-0.3, -0.25) is 4.79 Å². The molecule has 8 heteroatoms. The molecule has 3 N–H and O–H groups in total. The first-order chi connectivity index (χ1) is 12.8. The summed E-state index contributed by atoms with van der Waals surface area (Å²) in [7, 11) is -3.80. The minimum atomic E-state index is -3.80. The third kappa shape index (κ3) is 7.21. The molecule has 2 rings (SSSR count). The van der Waals surface area contributed by atoms with Gasteiger partial charge in [0, 0.05) is 24.7 Å². The number of sulfonamides is 1. The molecule has 1 heterocycles. The van der Waals surface area contributed by atoms with E-state index in [1.807, 2.05) is 13.8 Å². The first-order valence-electron chi connectivity index (χ1n) is 9.59. The third-order valence-corrected chi connectivity index (χ3v) is 5.92. The Bertz CT molecular complexity index is 713. The SMILES string of the molecule is CC(C)NC(=O)c1cccc(S(=O)(=O)NC[C@H](O)CN2CCCCCC2)c1. The number of carbonyl (C=O) groups is 1. The second kappa shape index (κ2) is 10.2. The fourth-order valence-corrected chi connectivity index (χ4v) is 4.24. The maximum Gasteiger partial charge on any atom is 0.251 e. The Morgan fingerprint density at radius 3 is 2.48 bits per heavy atom. The van der Waals surface area contributed by atoms with E-state index in [1.54, 1.807) is 6.07 Å². The van der Waals surface area contributed by atoms with Crippen LogP contribution >= 0.6 is 0 Å². The standard InChI is InChI=1S/C19H31N3O4S/c1-15(2)21-19(24)16-8-7-9-18(12-16)27(25,26)20-13-17(23)14-22-10-5-3-4-6-11-22/h7-9,12,15,17,20,23H,3-6,10-11,13-14H2,1-2H3,(H,21,24)/t17-/m0/s1. The third-order valence-electron chi connectivity index (χ3n) is 4.50. The first kappa shape index (κ1) is 21.8. The fraction of sp³-hybridized carbons (Fsp3) is 0.632. The summed E-state index contributed by atoms with van der Waals surface area (Å²) in [6.45, 7) is 5.96. The van der Waals surface area contributed by atoms with Gasteiger partial charge in [-0.2, -0.15) is 0 Å². The zero-order chi connectivity index (χ0) is 19.9. The summed E-state index contributed by atoms with van der Waals surface area (Å²) in [5.74, 6) is -0.316. The topological polar surface area (TPSA) is 98.7 Å². The number of aliphatic hydroxyl groups is 1. The highest BCUT2D eigenvalue weighted by Gasteiger charge is 2.19. The van der Waals surface area contributed by atoms with Crippen LogP contribution in [0, 0.1) is 0 Å². The molecule has 152 valence electrons. The van der Waals surface area contributed by atoms with Crippen molar-refractivity contribution in [3.8, 4) is 0 Å². The van der Waals surface area contributed by atoms with Crippen LogP contribution in [0.3, 0.4) is 0 Å². The maximum absolute atomic E-state index is 12.5. The van der Waals surface area contributed by atoms with Gasteiger partial charge in [0.25, 0.3) is 5.91 Å². The van der Waals surface area contributed by atoms with Crippen LogP contribution in [0.2, 0.25) is 0 Å². The molecule has 1 atom stereocenters. The number of aliphatic hydroxyl groups excluding tert-OH is 1. The molecule has 0 unspecified atom stereocenters. The van der Waals surface area contributed by atoms with E-state index in [2.05, 4.69) is 14.9 Å². The summed E-state index contributed by atoms with van der Waals surface area (Å²) in [5, 5.41) is 13.0. The highest BCUT2D eigenvalue weighted by molar-refractivity contribution is 7.89. The minimum absolute atomic E-state index is 0.0147. The number of benzene rings is 1. The molecular formula is C19H31N3O4S. The summed E-state index contributed by atoms with van der Waals surface area (Å²) in [6.07, 6.45) is 3.87. The van der Waals surface area contributed by atoms with Crippen molar-refractivity contribution in [3.05, 3.63) is 29.8 Å². The molecule has 0 radical (unpaired) electrons. The molecule has 1 aliphatic heterocycles. The van der Waals surface area contributed by atoms with Gasteiger partial charge in [0.05, 0.1) is 11.0 Å². The monoisotopic (exact) mass is 397 g/mol. The van der Waals surface area contributed by atoms with Gasteiger partial charge in [-0.05, 0) is 58.0 Å². The second-order valence-electron chi connectivity index (χ2n) is 7.38. The van der Waals surface area contributed by atoms with E-state index < -0.39 is 16.1 Å². The van der Waals surface area contributed by atoms with Gasteiger partial charge in [-0.15, -0.1) is 0 Å². The predicted octanol–water partition coefficient (Wildman–Crippen LogP) is 1.34. The number of hydrogen-bond donors (Lipinski definition) is 3. The molecule has 1 saturated heterocycles. The van der Waals surface area contributed by atoms with Gasteiger partial charge in [0.15, 0.2) is 0 Å². The molecule has 0 aliphatic carbocycles. The lowest BCUT2D eigenvalue weighted by atomic mass is 10.2. The van der Waals surface area contributed by atoms with Crippen LogP contribution in [0.4, 0.5) is 0 Å². The van der Waals surface area contributed by atoms with Gasteiger partial charge in [-0.1, -0.05) is 18.9 Å². The smallest absolute Gasteiger partial charge is 0.251 e. The van der Waals surface area contributed by atoms with Crippen LogP contribution in [0.15, 0.2) is 29.2 Å². The number of rotatable bonds is 8. The number of likely N-dealkylation sites (tertiary alicyclic amines) is 1. The molecule has 1 aromatic carbocycles. The van der Waals surface area contributed by atoms with Crippen LogP contribution in [-0.4, -0.2) is 62.7 Å². The van der Waals surface area contributed by atoms with Gasteiger partial charge < -0.3 is 15.3 Å². The van der Waals surface area contributed by atoms with Crippen molar-refractivity contribution >= 4 is 15.9 Å². The van der Waals surface area contributed by atoms with Crippen molar-refractivity contribution in [3.63, 3.8) is 0 Å². The second-order valence-corrected chi connectivity index (χ2v) is 9.14. The molecule has 1 aromatic rings. The van der Waals surface area contributed by atoms with Crippen LogP contribution in [0.25, 0.3) is 0 Å². The van der Waals surface area contributed by atoms with E-state index in [-0.39, 0.29) is 29.0 Å². The molecular weight excluding hydrogens is 366 g/mol. The average molecular weight is 398 g/mol. The van der Waals surface area contributed by atoms with Crippen LogP contribution in [0.1, 0.15) is 49.9 Å². The zero-order valence-corrected chi connectivity index (χ0v) is 17.0. The molecule has 1 fully saturated rings. The lowest BCUT2D eigenvalue weighted by molar-refractivity contribution is 0.0943. The molecule has 0 aromatic heterocycles. The normalized spacial score (nSPS) is 17.5. The zero-order valence-electron chi connectivity index (χ0n) is 16.1. The number of carbonyl (C=O) groups excluding carboxylic acids is 1. The van der Waals surface area contributed by atoms with Crippen LogP contribution in [0.5, 0.6) is 0 Å². The highest BCUT2D eigenvalue weighted by atomic mass is 32.2. The number of amides is 1. The quantitative estimate of drug-likeness (QED) is 0.615. The van der Waals surface area contributed by atoms with E-state index in [1.165, 1.54) is 31.0 Å². The lowest BCUT2D eigenvalue weighted by Gasteiger charge is -2.23. The Morgan fingerprint density at radius 1 is 1.19 bits per heavy atom. The summed E-state index contributed by atoms with van der Waals surface area (Å²) < 4.78 is 27.5. The summed E-state index contributed by atoms with van der Waals surface area (Å²) in [6, 6.07) is 5.87. The van der Waals surface area contributed by atoms with E-state index >= 15 is 0 Å². The highest BCUT2D eigenvalue weighted by Crippen LogP contribution is 2.13. The Kier molecular flexibility index (Phi) is 8.22. The van der Waals surface area contributed by atoms with Crippen molar-refractivity contribution in [2.75, 3.05) is 26.2 Å². The molecule has 0 saturated carbocycles. The van der Waals surface area contributed by atoms with Gasteiger partial charge >= 0.3 is 0 Å². The minimum Gasteiger partial charge on any atom is -0.390 e. The maximum atomic E-state index is 12.5. The molecule has 0 spiro atoms. The number of nitrogens with zero attached hydrogens (tertiary/aromatic N) is 1. The van der Waals surface area contributed by atoms with Crippen molar-refractivity contribution < 1.29 is 18.3 Å². The summed E-state index contributed by atoms with van der Waals surface area (Å²) in [4.78, 5) is 14.3. The Morgan fingerprint density at radius 2 is 1.85 bits per heavy atom. The lowest BCUT2D eigenvalue weighted by Crippen LogP contribution is -2.40. The van der Waals surface area contributed by atoms with Crippen molar-refractivity contribution in [2.24, 2.45) is 0 Å². The Hall–Kier alpha value is -1.48. The number of β-amino-alcohol motifs (C(OH)–C–C–N with tert-alkyl or cyclic N) is 1. The van der Waals surface area contributed by atoms with Crippen molar-refractivity contribution in [1.82, 2.24) is 14.9 Å². The molecule has 27 heavy (non-hydrogen) atoms. The van der Waals surface area contributed by atoms with E-state index in [9.17, 15) is 18.3 Å². The van der Waals surface area contributed by atoms with Gasteiger partial charge in [0.2, 0.25) is 10.0 Å². The average Bonchev–Trinajstić information content (AvgIpc) is 2.88. The van der Waals surface area contributed by atoms with Crippen molar-refractivity contribution in [2.45, 2.75) is 56.6 Å². The molecule has 7 nitrogen and oxygen atoms in total. The van der Waals surface area contributed by atoms with E-state index in [4.69, 9.17) is 0 Å². The van der Waals surface area contributed by atoms with E-state index in [0.29, 0.717) is 6.54 Å². The van der Waals surface area contributed by atoms with Gasteiger partial charge in [-0.25, -0.2) is 13.1 Å². The number of nitrogens with one attached hydrogen (secondary N) is 2. The summed E-state index contributed by atoms with van der Waals surface area (Å²) in [5.41, 5.74) is 0.289. The fourth-order valence-electron chi connectivity index (χ4n) is 3.12. The van der Waals surface area contributed by atoms with Crippen LogP contribution < -0.4 is 10.0 Å². The Balaban J connectivity index is 1.94. The predicted molar refractivity (Wildman–Crippen MR) is 105 cm³/mol. The molecule has 1 aliphatic rings. The molecule has 1 amide bonds. The van der Waals surface area contributed by atoms with Crippen LogP contribution in [-0.2, 0) is 10.0 Å². The van der Waals surface area contributed by atoms with E-state index in [0.717, 1.165) is 25.9 Å². The summed E-state index contributed by atoms with van der Waals surface area (Å²) >= 11 is 0. The van der Waals surface area contributed by atoms with Gasteiger partial charge in [0.1, 0.15) is 0 Å². The number of hydrogen-bond acceptors (Lipinski definition) is 5. The Labute approximate surface area is 162 Å². The largest absolute Gasteiger partial charge is 0.390 e. The molecule has 0 bridgehead atoms.